The quantitative estimate of drug-likeness (QED) is 0.716. The molecule has 1 aromatic carbocycles. The number of amides is 1. The van der Waals surface area contributed by atoms with Crippen molar-refractivity contribution < 1.29 is 19.4 Å². The Kier molecular flexibility index (Phi) is 2.50. The lowest BCUT2D eigenvalue weighted by atomic mass is 9.77. The van der Waals surface area contributed by atoms with Crippen LogP contribution >= 0.6 is 0 Å². The lowest BCUT2D eigenvalue weighted by molar-refractivity contribution is -0.313. The van der Waals surface area contributed by atoms with Gasteiger partial charge >= 0.3 is 0 Å². The Hall–Kier alpha value is -2.14. The van der Waals surface area contributed by atoms with Gasteiger partial charge < -0.3 is 19.5 Å². The minimum absolute atomic E-state index is 0.153. The molecule has 21 heavy (non-hydrogen) atoms. The number of carboxylic acid groups (broad SMARTS) is 1. The van der Waals surface area contributed by atoms with Gasteiger partial charge in [0.05, 0.1) is 18.6 Å². The van der Waals surface area contributed by atoms with E-state index in [4.69, 9.17) is 4.74 Å². The lowest BCUT2D eigenvalue weighted by Crippen LogP contribution is -2.45. The van der Waals surface area contributed by atoms with E-state index in [2.05, 4.69) is 0 Å². The molecule has 3 heterocycles. The average Bonchev–Trinajstić information content (AvgIpc) is 3.09. The maximum atomic E-state index is 12.6. The minimum atomic E-state index is -1.20. The highest BCUT2D eigenvalue weighted by Crippen LogP contribution is 2.51. The Labute approximate surface area is 121 Å². The normalized spacial score (nSPS) is 36.3. The zero-order valence-electron chi connectivity index (χ0n) is 11.3. The summed E-state index contributed by atoms with van der Waals surface area (Å²) >= 11 is 0. The Morgan fingerprint density at radius 2 is 2.14 bits per heavy atom. The first-order valence-electron chi connectivity index (χ1n) is 7.01. The second-order valence-corrected chi connectivity index (χ2v) is 5.90. The summed E-state index contributed by atoms with van der Waals surface area (Å²) in [7, 11) is 0. The van der Waals surface area contributed by atoms with Crippen LogP contribution in [0.25, 0.3) is 0 Å². The molecule has 0 N–H and O–H groups in total. The van der Waals surface area contributed by atoms with Crippen LogP contribution in [0.2, 0.25) is 0 Å². The molecule has 0 aliphatic carbocycles. The van der Waals surface area contributed by atoms with Crippen LogP contribution in [0.5, 0.6) is 0 Å². The number of ether oxygens (including phenoxy) is 1. The van der Waals surface area contributed by atoms with Gasteiger partial charge in [-0.05, 0) is 5.56 Å². The Morgan fingerprint density at radius 1 is 1.38 bits per heavy atom. The molecule has 5 nitrogen and oxygen atoms in total. The van der Waals surface area contributed by atoms with Crippen molar-refractivity contribution >= 4 is 11.9 Å². The summed E-state index contributed by atoms with van der Waals surface area (Å²) in [6, 6.07) is 9.65. The second kappa shape index (κ2) is 4.18. The van der Waals surface area contributed by atoms with Crippen LogP contribution in [0.15, 0.2) is 42.5 Å². The molecule has 0 saturated carbocycles. The van der Waals surface area contributed by atoms with E-state index in [0.717, 1.165) is 5.56 Å². The smallest absolute Gasteiger partial charge is 0.230 e. The predicted molar refractivity (Wildman–Crippen MR) is 70.6 cm³/mol. The van der Waals surface area contributed by atoms with Gasteiger partial charge in [0.25, 0.3) is 0 Å². The molecular formula is C16H14NO4-. The number of hydrogen-bond acceptors (Lipinski definition) is 4. The number of aliphatic carboxylic acids is 1. The highest BCUT2D eigenvalue weighted by molar-refractivity contribution is 5.90. The third kappa shape index (κ3) is 1.67. The van der Waals surface area contributed by atoms with E-state index < -0.39 is 29.5 Å². The Morgan fingerprint density at radius 3 is 2.86 bits per heavy atom. The SMILES string of the molecule is O=C([O-])[C@@H]1[C@H]2C(=O)N(Cc3ccccc3)C[C@]23C=C[C@H]1O3. The van der Waals surface area contributed by atoms with Gasteiger partial charge in [-0.25, -0.2) is 0 Å². The Balaban J connectivity index is 1.63. The Bertz CT molecular complexity index is 641. The van der Waals surface area contributed by atoms with E-state index >= 15 is 0 Å². The summed E-state index contributed by atoms with van der Waals surface area (Å²) in [6.45, 7) is 0.877. The summed E-state index contributed by atoms with van der Waals surface area (Å²) in [4.78, 5) is 25.6. The zero-order valence-corrected chi connectivity index (χ0v) is 11.3. The molecule has 0 radical (unpaired) electrons. The first kappa shape index (κ1) is 12.6. The van der Waals surface area contributed by atoms with Crippen molar-refractivity contribution in [2.75, 3.05) is 6.54 Å². The predicted octanol–water partition coefficient (Wildman–Crippen LogP) is -0.281. The molecule has 1 amide bonds. The summed E-state index contributed by atoms with van der Waals surface area (Å²) in [5.74, 6) is -2.88. The zero-order chi connectivity index (χ0) is 14.6. The van der Waals surface area contributed by atoms with E-state index in [9.17, 15) is 14.7 Å². The molecule has 2 bridgehead atoms. The summed E-state index contributed by atoms with van der Waals surface area (Å²) in [5, 5.41) is 11.3. The number of rotatable bonds is 3. The first-order chi connectivity index (χ1) is 10.1. The van der Waals surface area contributed by atoms with Crippen LogP contribution in [0.1, 0.15) is 5.56 Å². The lowest BCUT2D eigenvalue weighted by Gasteiger charge is -2.24. The molecule has 1 aromatic rings. The molecular weight excluding hydrogens is 270 g/mol. The van der Waals surface area contributed by atoms with E-state index in [0.29, 0.717) is 13.1 Å². The van der Waals surface area contributed by atoms with Gasteiger partial charge in [0.2, 0.25) is 5.91 Å². The van der Waals surface area contributed by atoms with Gasteiger partial charge in [0.1, 0.15) is 5.60 Å². The molecule has 1 spiro atoms. The molecule has 4 rings (SSSR count). The number of hydrogen-bond donors (Lipinski definition) is 0. The average molecular weight is 284 g/mol. The number of benzene rings is 1. The second-order valence-electron chi connectivity index (χ2n) is 5.90. The van der Waals surface area contributed by atoms with Crippen LogP contribution in [0.3, 0.4) is 0 Å². The van der Waals surface area contributed by atoms with Crippen LogP contribution in [0.4, 0.5) is 0 Å². The first-order valence-corrected chi connectivity index (χ1v) is 7.01. The number of fused-ring (bicyclic) bond motifs is 1. The minimum Gasteiger partial charge on any atom is -0.550 e. The van der Waals surface area contributed by atoms with Gasteiger partial charge in [0.15, 0.2) is 0 Å². The number of nitrogens with zero attached hydrogens (tertiary/aromatic N) is 1. The van der Waals surface area contributed by atoms with Gasteiger partial charge in [-0.2, -0.15) is 0 Å². The van der Waals surface area contributed by atoms with Gasteiger partial charge in [-0.15, -0.1) is 0 Å². The fourth-order valence-electron chi connectivity index (χ4n) is 3.78. The van der Waals surface area contributed by atoms with Gasteiger partial charge in [-0.3, -0.25) is 4.79 Å². The van der Waals surface area contributed by atoms with Crippen molar-refractivity contribution in [2.24, 2.45) is 11.8 Å². The molecule has 108 valence electrons. The van der Waals surface area contributed by atoms with E-state index in [-0.39, 0.29) is 5.91 Å². The fraction of sp³-hybridized carbons (Fsp3) is 0.375. The van der Waals surface area contributed by atoms with E-state index in [1.807, 2.05) is 36.4 Å². The fourth-order valence-corrected chi connectivity index (χ4v) is 3.78. The van der Waals surface area contributed by atoms with Crippen molar-refractivity contribution in [3.05, 3.63) is 48.0 Å². The standard InChI is InChI=1S/C16H15NO4/c18-14-13-12(15(19)20)11-6-7-16(13,21-11)9-17(14)8-10-4-2-1-3-5-10/h1-7,11-13H,8-9H2,(H,19,20)/p-1/t11-,12+,13+,16-/m1/s1. The number of likely N-dealkylation sites (tertiary alicyclic amines) is 1. The summed E-state index contributed by atoms with van der Waals surface area (Å²) < 4.78 is 5.80. The summed E-state index contributed by atoms with van der Waals surface area (Å²) in [5.41, 5.74) is 0.243. The van der Waals surface area contributed by atoms with Crippen molar-refractivity contribution in [3.8, 4) is 0 Å². The third-order valence-electron chi connectivity index (χ3n) is 4.67. The van der Waals surface area contributed by atoms with Crippen molar-refractivity contribution in [3.63, 3.8) is 0 Å². The van der Waals surface area contributed by atoms with Crippen molar-refractivity contribution in [2.45, 2.75) is 18.2 Å². The highest BCUT2D eigenvalue weighted by Gasteiger charge is 2.65. The maximum absolute atomic E-state index is 12.6. The number of carbonyl (C=O) groups is 2. The van der Waals surface area contributed by atoms with Crippen LogP contribution in [0, 0.1) is 11.8 Å². The van der Waals surface area contributed by atoms with Crippen molar-refractivity contribution in [1.29, 1.82) is 0 Å². The van der Waals surface area contributed by atoms with Crippen LogP contribution < -0.4 is 5.11 Å². The molecule has 2 fully saturated rings. The van der Waals surface area contributed by atoms with Crippen LogP contribution in [-0.4, -0.2) is 35.0 Å². The molecule has 0 unspecified atom stereocenters. The topological polar surface area (TPSA) is 69.7 Å². The molecule has 3 aliphatic heterocycles. The molecule has 5 heteroatoms. The van der Waals surface area contributed by atoms with Gasteiger partial charge in [0, 0.05) is 18.4 Å². The van der Waals surface area contributed by atoms with Gasteiger partial charge in [-0.1, -0.05) is 42.5 Å². The molecule has 3 aliphatic rings. The molecule has 0 aromatic heterocycles. The van der Waals surface area contributed by atoms with E-state index in [1.54, 1.807) is 11.0 Å². The number of carboxylic acids is 1. The monoisotopic (exact) mass is 284 g/mol. The highest BCUT2D eigenvalue weighted by atomic mass is 16.5. The maximum Gasteiger partial charge on any atom is 0.230 e. The third-order valence-corrected chi connectivity index (χ3v) is 4.67. The molecule has 4 atom stereocenters. The summed E-state index contributed by atoms with van der Waals surface area (Å²) in [6.07, 6.45) is 3.07. The molecule has 2 saturated heterocycles. The van der Waals surface area contributed by atoms with Crippen molar-refractivity contribution in [1.82, 2.24) is 4.90 Å². The number of carbonyl (C=O) groups excluding carboxylic acids is 2. The largest absolute Gasteiger partial charge is 0.550 e. The van der Waals surface area contributed by atoms with E-state index in [1.165, 1.54) is 0 Å². The van der Waals surface area contributed by atoms with Crippen LogP contribution in [-0.2, 0) is 20.9 Å².